The van der Waals surface area contributed by atoms with E-state index in [0.29, 0.717) is 10.8 Å². The second-order valence-electron chi connectivity index (χ2n) is 1.91. The molecule has 11 heavy (non-hydrogen) atoms. The molecule has 0 spiro atoms. The maximum atomic E-state index is 11.1. The monoisotopic (exact) mass is 186 g/mol. The van der Waals surface area contributed by atoms with E-state index in [1.165, 1.54) is 0 Å². The minimum atomic E-state index is 0.0283. The van der Waals surface area contributed by atoms with Gasteiger partial charge in [0.1, 0.15) is 0 Å². The fourth-order valence-corrected chi connectivity index (χ4v) is 1.41. The van der Waals surface area contributed by atoms with Crippen LogP contribution in [0.2, 0.25) is 0 Å². The molecule has 0 aliphatic rings. The molecule has 0 aromatic heterocycles. The molecule has 0 aliphatic carbocycles. The number of hydrogen-bond donors (Lipinski definition) is 0. The molecule has 0 unspecified atom stereocenters. The molecule has 1 aromatic rings. The molecule has 58 valence electrons. The van der Waals surface area contributed by atoms with Gasteiger partial charge in [0.15, 0.2) is 0 Å². The number of alkyl halides is 1. The molecule has 0 fully saturated rings. The molecule has 0 saturated heterocycles. The minimum Gasteiger partial charge on any atom is -0.282 e. The van der Waals surface area contributed by atoms with Gasteiger partial charge in [-0.15, -0.1) is 11.6 Å². The Morgan fingerprint density at radius 2 is 2.00 bits per heavy atom. The summed E-state index contributed by atoms with van der Waals surface area (Å²) in [6, 6.07) is 9.11. The Hall–Kier alpha value is -0.470. The number of benzene rings is 1. The van der Waals surface area contributed by atoms with Crippen molar-refractivity contribution in [3.8, 4) is 0 Å². The third-order valence-electron chi connectivity index (χ3n) is 1.20. The van der Waals surface area contributed by atoms with Gasteiger partial charge >= 0.3 is 0 Å². The highest BCUT2D eigenvalue weighted by Gasteiger charge is 2.02. The smallest absolute Gasteiger partial charge is 0.220 e. The molecule has 0 N–H and O–H groups in total. The number of hydrogen-bond acceptors (Lipinski definition) is 2. The van der Waals surface area contributed by atoms with Crippen LogP contribution in [0.25, 0.3) is 0 Å². The van der Waals surface area contributed by atoms with E-state index in [9.17, 15) is 4.79 Å². The van der Waals surface area contributed by atoms with Crippen molar-refractivity contribution in [3.05, 3.63) is 35.9 Å². The van der Waals surface area contributed by atoms with Gasteiger partial charge in [-0.3, -0.25) is 4.79 Å². The Morgan fingerprint density at radius 1 is 1.36 bits per heavy atom. The van der Waals surface area contributed by atoms with E-state index < -0.39 is 0 Å². The molecule has 0 bridgehead atoms. The second-order valence-corrected chi connectivity index (χ2v) is 3.44. The van der Waals surface area contributed by atoms with Crippen LogP contribution in [0.1, 0.15) is 10.4 Å². The molecule has 0 heterocycles. The molecule has 3 heteroatoms. The average molecular weight is 187 g/mol. The lowest BCUT2D eigenvalue weighted by molar-refractivity contribution is 0.108. The number of thioether (sulfide) groups is 1. The van der Waals surface area contributed by atoms with Crippen molar-refractivity contribution >= 4 is 28.5 Å². The third-order valence-corrected chi connectivity index (χ3v) is 2.13. The highest BCUT2D eigenvalue weighted by Crippen LogP contribution is 2.12. The van der Waals surface area contributed by atoms with Crippen molar-refractivity contribution in [2.24, 2.45) is 0 Å². The Morgan fingerprint density at radius 3 is 2.55 bits per heavy atom. The summed E-state index contributed by atoms with van der Waals surface area (Å²) >= 11 is 6.50. The summed E-state index contributed by atoms with van der Waals surface area (Å²) in [6.07, 6.45) is 0. The quantitative estimate of drug-likeness (QED) is 0.661. The fourth-order valence-electron chi connectivity index (χ4n) is 0.707. The van der Waals surface area contributed by atoms with Gasteiger partial charge in [0.05, 0.1) is 5.21 Å². The van der Waals surface area contributed by atoms with Gasteiger partial charge in [-0.2, -0.15) is 0 Å². The van der Waals surface area contributed by atoms with Crippen LogP contribution in [-0.4, -0.2) is 10.3 Å². The Kier molecular flexibility index (Phi) is 3.46. The van der Waals surface area contributed by atoms with Crippen LogP contribution < -0.4 is 0 Å². The van der Waals surface area contributed by atoms with Crippen LogP contribution in [0.3, 0.4) is 0 Å². The number of halogens is 1. The normalized spacial score (nSPS) is 9.55. The van der Waals surface area contributed by atoms with Crippen LogP contribution >= 0.6 is 23.4 Å². The molecule has 0 saturated carbocycles. The van der Waals surface area contributed by atoms with Crippen LogP contribution in [0.15, 0.2) is 30.3 Å². The SMILES string of the molecule is O=C(SCCl)c1ccccc1. The maximum Gasteiger partial charge on any atom is 0.220 e. The molecular formula is C8H7ClOS. The highest BCUT2D eigenvalue weighted by molar-refractivity contribution is 8.15. The molecular weight excluding hydrogens is 180 g/mol. The van der Waals surface area contributed by atoms with E-state index in [1.54, 1.807) is 12.1 Å². The number of carbonyl (C=O) groups is 1. The van der Waals surface area contributed by atoms with E-state index in [0.717, 1.165) is 11.8 Å². The average Bonchev–Trinajstić information content (AvgIpc) is 2.07. The van der Waals surface area contributed by atoms with Gasteiger partial charge in [0.2, 0.25) is 5.12 Å². The largest absolute Gasteiger partial charge is 0.282 e. The lowest BCUT2D eigenvalue weighted by atomic mass is 10.2. The van der Waals surface area contributed by atoms with Crippen LogP contribution in [0.4, 0.5) is 0 Å². The first-order valence-electron chi connectivity index (χ1n) is 3.12. The number of rotatable bonds is 2. The van der Waals surface area contributed by atoms with E-state index >= 15 is 0 Å². The summed E-state index contributed by atoms with van der Waals surface area (Å²) < 4.78 is 0. The Balaban J connectivity index is 2.69. The summed E-state index contributed by atoms with van der Waals surface area (Å²) in [5.74, 6) is 0. The molecule has 1 aromatic carbocycles. The van der Waals surface area contributed by atoms with E-state index in [1.807, 2.05) is 18.2 Å². The van der Waals surface area contributed by atoms with Gasteiger partial charge in [-0.25, -0.2) is 0 Å². The number of carbonyl (C=O) groups excluding carboxylic acids is 1. The minimum absolute atomic E-state index is 0.0283. The second kappa shape index (κ2) is 4.42. The van der Waals surface area contributed by atoms with E-state index in [2.05, 4.69) is 0 Å². The summed E-state index contributed by atoms with van der Waals surface area (Å²) in [5, 5.41) is 0.342. The summed E-state index contributed by atoms with van der Waals surface area (Å²) in [5.41, 5.74) is 0.707. The highest BCUT2D eigenvalue weighted by atomic mass is 35.5. The van der Waals surface area contributed by atoms with Crippen molar-refractivity contribution in [2.45, 2.75) is 0 Å². The molecule has 0 atom stereocenters. The van der Waals surface area contributed by atoms with Gasteiger partial charge < -0.3 is 0 Å². The maximum absolute atomic E-state index is 11.1. The fraction of sp³-hybridized carbons (Fsp3) is 0.125. The summed E-state index contributed by atoms with van der Waals surface area (Å²) in [6.45, 7) is 0. The lowest BCUT2D eigenvalue weighted by Crippen LogP contribution is -1.91. The molecule has 0 amide bonds. The molecule has 0 radical (unpaired) electrons. The third kappa shape index (κ3) is 2.56. The van der Waals surface area contributed by atoms with Crippen LogP contribution in [0.5, 0.6) is 0 Å². The molecule has 1 rings (SSSR count). The first-order chi connectivity index (χ1) is 5.34. The predicted molar refractivity (Wildman–Crippen MR) is 49.1 cm³/mol. The standard InChI is InChI=1S/C8H7ClOS/c9-6-11-8(10)7-4-2-1-3-5-7/h1-5H,6H2. The molecule has 1 nitrogen and oxygen atoms in total. The lowest BCUT2D eigenvalue weighted by Gasteiger charge is -1.94. The zero-order valence-corrected chi connectivity index (χ0v) is 7.36. The van der Waals surface area contributed by atoms with Crippen molar-refractivity contribution in [2.75, 3.05) is 5.21 Å². The summed E-state index contributed by atoms with van der Waals surface area (Å²) in [4.78, 5) is 11.1. The topological polar surface area (TPSA) is 17.1 Å². The van der Waals surface area contributed by atoms with Gasteiger partial charge in [-0.1, -0.05) is 42.1 Å². The van der Waals surface area contributed by atoms with Gasteiger partial charge in [-0.05, 0) is 0 Å². The van der Waals surface area contributed by atoms with Crippen molar-refractivity contribution < 1.29 is 4.79 Å². The van der Waals surface area contributed by atoms with Crippen molar-refractivity contribution in [1.82, 2.24) is 0 Å². The Bertz CT molecular complexity index is 235. The predicted octanol–water partition coefficient (Wildman–Crippen LogP) is 2.76. The molecule has 0 aliphatic heterocycles. The van der Waals surface area contributed by atoms with E-state index in [-0.39, 0.29) is 5.12 Å². The van der Waals surface area contributed by atoms with E-state index in [4.69, 9.17) is 11.6 Å². The Labute approximate surface area is 74.7 Å². The van der Waals surface area contributed by atoms with Crippen molar-refractivity contribution in [1.29, 1.82) is 0 Å². The zero-order valence-electron chi connectivity index (χ0n) is 5.79. The first kappa shape index (κ1) is 8.62. The van der Waals surface area contributed by atoms with Crippen LogP contribution in [-0.2, 0) is 0 Å². The van der Waals surface area contributed by atoms with Crippen molar-refractivity contribution in [3.63, 3.8) is 0 Å². The first-order valence-corrected chi connectivity index (χ1v) is 4.64. The summed E-state index contributed by atoms with van der Waals surface area (Å²) in [7, 11) is 0. The zero-order chi connectivity index (χ0) is 8.10. The van der Waals surface area contributed by atoms with Crippen LogP contribution in [0, 0.1) is 0 Å². The van der Waals surface area contributed by atoms with Gasteiger partial charge in [0, 0.05) is 5.56 Å². The van der Waals surface area contributed by atoms with Gasteiger partial charge in [0.25, 0.3) is 0 Å².